The van der Waals surface area contributed by atoms with E-state index in [9.17, 15) is 5.11 Å². The maximum absolute atomic E-state index is 9.55. The van der Waals surface area contributed by atoms with Gasteiger partial charge >= 0.3 is 0 Å². The predicted molar refractivity (Wildman–Crippen MR) is 61.8 cm³/mol. The van der Waals surface area contributed by atoms with Gasteiger partial charge in [-0.05, 0) is 46.5 Å². The van der Waals surface area contributed by atoms with Crippen LogP contribution in [0.3, 0.4) is 0 Å². The minimum Gasteiger partial charge on any atom is -0.385 e. The van der Waals surface area contributed by atoms with Crippen LogP contribution in [-0.2, 0) is 4.74 Å². The first-order chi connectivity index (χ1) is 6.96. The molecule has 3 nitrogen and oxygen atoms in total. The summed E-state index contributed by atoms with van der Waals surface area (Å²) in [7, 11) is 1.74. The van der Waals surface area contributed by atoms with Crippen LogP contribution < -0.4 is 0 Å². The molecule has 1 heterocycles. The Morgan fingerprint density at radius 1 is 1.27 bits per heavy atom. The van der Waals surface area contributed by atoms with Crippen LogP contribution in [-0.4, -0.2) is 41.5 Å². The lowest BCUT2D eigenvalue weighted by molar-refractivity contribution is -0.0977. The van der Waals surface area contributed by atoms with Gasteiger partial charge in [-0.1, -0.05) is 0 Å². The summed E-state index contributed by atoms with van der Waals surface area (Å²) >= 11 is 0. The van der Waals surface area contributed by atoms with Gasteiger partial charge in [0.2, 0.25) is 0 Å². The number of piperidine rings is 1. The molecule has 0 aromatic heterocycles. The molecule has 1 aliphatic rings. The Hall–Kier alpha value is -0.120. The maximum Gasteiger partial charge on any atom is 0.0965 e. The molecule has 0 aromatic carbocycles. The minimum atomic E-state index is 0.0898. The number of hydrogen-bond acceptors (Lipinski definition) is 3. The maximum atomic E-state index is 9.55. The van der Waals surface area contributed by atoms with Crippen LogP contribution >= 0.6 is 0 Å². The number of aliphatic hydroxyl groups is 1. The van der Waals surface area contributed by atoms with Crippen LogP contribution in [0.2, 0.25) is 0 Å². The average molecular weight is 215 g/mol. The van der Waals surface area contributed by atoms with E-state index in [-0.39, 0.29) is 17.8 Å². The van der Waals surface area contributed by atoms with E-state index in [1.807, 2.05) is 0 Å². The number of aliphatic hydroxyl groups excluding tert-OH is 1. The van der Waals surface area contributed by atoms with Crippen LogP contribution in [0.1, 0.15) is 46.5 Å². The zero-order valence-electron chi connectivity index (χ0n) is 10.5. The number of likely N-dealkylation sites (tertiary alicyclic amines) is 1. The van der Waals surface area contributed by atoms with Crippen molar-refractivity contribution in [3.05, 3.63) is 0 Å². The molecular weight excluding hydrogens is 190 g/mol. The smallest absolute Gasteiger partial charge is 0.0965 e. The molecule has 0 aliphatic carbocycles. The van der Waals surface area contributed by atoms with Crippen molar-refractivity contribution in [1.82, 2.24) is 4.90 Å². The zero-order valence-corrected chi connectivity index (χ0v) is 10.5. The highest BCUT2D eigenvalue weighted by atomic mass is 16.5. The first-order valence-electron chi connectivity index (χ1n) is 5.84. The quantitative estimate of drug-likeness (QED) is 0.778. The molecule has 0 saturated carbocycles. The molecule has 1 aliphatic heterocycles. The number of hydrogen-bond donors (Lipinski definition) is 1. The fourth-order valence-corrected chi connectivity index (χ4v) is 2.85. The van der Waals surface area contributed by atoms with Gasteiger partial charge in [0.1, 0.15) is 0 Å². The molecule has 90 valence electrons. The second-order valence-corrected chi connectivity index (χ2v) is 5.48. The zero-order chi connectivity index (χ0) is 11.5. The number of nitrogens with zero attached hydrogens (tertiary/aromatic N) is 1. The molecule has 0 spiro atoms. The van der Waals surface area contributed by atoms with Gasteiger partial charge in [-0.2, -0.15) is 0 Å². The van der Waals surface area contributed by atoms with Crippen molar-refractivity contribution in [3.8, 4) is 0 Å². The fourth-order valence-electron chi connectivity index (χ4n) is 2.85. The van der Waals surface area contributed by atoms with Gasteiger partial charge in [-0.3, -0.25) is 4.90 Å². The summed E-state index contributed by atoms with van der Waals surface area (Å²) in [6.45, 7) is 7.58. The SMILES string of the molecule is COCCC1(C)CCCC(C)(C)N1CO. The van der Waals surface area contributed by atoms with Crippen molar-refractivity contribution in [2.24, 2.45) is 0 Å². The van der Waals surface area contributed by atoms with Gasteiger partial charge in [0.25, 0.3) is 0 Å². The van der Waals surface area contributed by atoms with Crippen molar-refractivity contribution < 1.29 is 9.84 Å². The van der Waals surface area contributed by atoms with Crippen LogP contribution in [0, 0.1) is 0 Å². The molecule has 0 aromatic rings. The van der Waals surface area contributed by atoms with Gasteiger partial charge in [0, 0.05) is 24.8 Å². The average Bonchev–Trinajstić information content (AvgIpc) is 2.14. The molecule has 0 bridgehead atoms. The first-order valence-corrected chi connectivity index (χ1v) is 5.84. The normalized spacial score (nSPS) is 31.8. The number of rotatable bonds is 4. The standard InChI is InChI=1S/C12H25NO2/c1-11(2)6-5-7-12(3,8-9-15-4)13(11)10-14/h14H,5-10H2,1-4H3. The highest BCUT2D eigenvalue weighted by Gasteiger charge is 2.43. The van der Waals surface area contributed by atoms with E-state index in [0.717, 1.165) is 25.9 Å². The van der Waals surface area contributed by atoms with Gasteiger partial charge < -0.3 is 9.84 Å². The highest BCUT2D eigenvalue weighted by Crippen LogP contribution is 2.39. The summed E-state index contributed by atoms with van der Waals surface area (Å²) < 4.78 is 5.16. The lowest BCUT2D eigenvalue weighted by Gasteiger charge is -2.53. The van der Waals surface area contributed by atoms with Crippen LogP contribution in [0.5, 0.6) is 0 Å². The van der Waals surface area contributed by atoms with Crippen molar-refractivity contribution in [3.63, 3.8) is 0 Å². The monoisotopic (exact) mass is 215 g/mol. The Bertz CT molecular complexity index is 206. The molecule has 1 unspecified atom stereocenters. The van der Waals surface area contributed by atoms with Crippen molar-refractivity contribution in [1.29, 1.82) is 0 Å². The molecule has 0 amide bonds. The van der Waals surface area contributed by atoms with E-state index in [1.165, 1.54) is 6.42 Å². The van der Waals surface area contributed by atoms with E-state index in [0.29, 0.717) is 0 Å². The summed E-state index contributed by atoms with van der Waals surface area (Å²) in [6.07, 6.45) is 4.55. The Morgan fingerprint density at radius 2 is 1.93 bits per heavy atom. The molecule has 0 radical (unpaired) electrons. The molecule has 1 saturated heterocycles. The molecule has 1 rings (SSSR count). The van der Waals surface area contributed by atoms with Crippen LogP contribution in [0.25, 0.3) is 0 Å². The fraction of sp³-hybridized carbons (Fsp3) is 1.00. The summed E-state index contributed by atoms with van der Waals surface area (Å²) in [6, 6.07) is 0. The van der Waals surface area contributed by atoms with Gasteiger partial charge in [0.05, 0.1) is 6.73 Å². The third-order valence-corrected chi connectivity index (χ3v) is 3.87. The van der Waals surface area contributed by atoms with E-state index in [1.54, 1.807) is 7.11 Å². The van der Waals surface area contributed by atoms with E-state index < -0.39 is 0 Å². The lowest BCUT2D eigenvalue weighted by Crippen LogP contribution is -2.60. The number of ether oxygens (including phenoxy) is 1. The second-order valence-electron chi connectivity index (χ2n) is 5.48. The first kappa shape index (κ1) is 12.9. The van der Waals surface area contributed by atoms with Crippen molar-refractivity contribution in [2.75, 3.05) is 20.4 Å². The molecule has 1 N–H and O–H groups in total. The summed E-state index contributed by atoms with van der Waals surface area (Å²) in [5, 5.41) is 9.55. The van der Waals surface area contributed by atoms with Crippen LogP contribution in [0.4, 0.5) is 0 Å². The predicted octanol–water partition coefficient (Wildman–Crippen LogP) is 2.00. The Labute approximate surface area is 93.4 Å². The van der Waals surface area contributed by atoms with E-state index in [4.69, 9.17) is 4.74 Å². The van der Waals surface area contributed by atoms with Gasteiger partial charge in [0.15, 0.2) is 0 Å². The van der Waals surface area contributed by atoms with Crippen LogP contribution in [0.15, 0.2) is 0 Å². The summed E-state index contributed by atoms with van der Waals surface area (Å²) in [5.41, 5.74) is 0.196. The Balaban J connectivity index is 2.76. The largest absolute Gasteiger partial charge is 0.385 e. The summed E-state index contributed by atoms with van der Waals surface area (Å²) in [5.74, 6) is 0. The molecule has 3 heteroatoms. The van der Waals surface area contributed by atoms with E-state index >= 15 is 0 Å². The van der Waals surface area contributed by atoms with Crippen molar-refractivity contribution >= 4 is 0 Å². The third kappa shape index (κ3) is 2.71. The highest BCUT2D eigenvalue weighted by molar-refractivity contribution is 4.98. The lowest BCUT2D eigenvalue weighted by atomic mass is 9.77. The molecule has 1 fully saturated rings. The Morgan fingerprint density at radius 3 is 2.47 bits per heavy atom. The Kier molecular flexibility index (Phi) is 4.15. The van der Waals surface area contributed by atoms with Gasteiger partial charge in [-0.15, -0.1) is 0 Å². The second kappa shape index (κ2) is 4.81. The minimum absolute atomic E-state index is 0.0898. The third-order valence-electron chi connectivity index (χ3n) is 3.87. The van der Waals surface area contributed by atoms with E-state index in [2.05, 4.69) is 25.7 Å². The van der Waals surface area contributed by atoms with Gasteiger partial charge in [-0.25, -0.2) is 0 Å². The van der Waals surface area contributed by atoms with Crippen molar-refractivity contribution in [2.45, 2.75) is 57.5 Å². The number of methoxy groups -OCH3 is 1. The topological polar surface area (TPSA) is 32.7 Å². The molecule has 15 heavy (non-hydrogen) atoms. The molecule has 1 atom stereocenters. The summed E-state index contributed by atoms with van der Waals surface area (Å²) in [4.78, 5) is 2.22. The molecular formula is C12H25NO2.